The number of benzene rings is 1. The number of nitrogens with zero attached hydrogens (tertiary/aromatic N) is 4. The van der Waals surface area contributed by atoms with Crippen LogP contribution in [0.5, 0.6) is 0 Å². The van der Waals surface area contributed by atoms with Gasteiger partial charge in [-0.25, -0.2) is 13.8 Å². The van der Waals surface area contributed by atoms with Crippen LogP contribution in [-0.2, 0) is 12.7 Å². The Labute approximate surface area is 202 Å². The number of halogens is 5. The lowest BCUT2D eigenvalue weighted by Crippen LogP contribution is -2.34. The Morgan fingerprint density at radius 2 is 1.83 bits per heavy atom. The van der Waals surface area contributed by atoms with Crippen LogP contribution in [0.2, 0.25) is 0 Å². The van der Waals surface area contributed by atoms with Crippen LogP contribution in [0.1, 0.15) is 45.8 Å². The monoisotopic (exact) mass is 501 g/mol. The average Bonchev–Trinajstić information content (AvgIpc) is 2.82. The standard InChI is InChI=1S/C25H20F5N5O/c1-13-8-16-9-15(5-6-20(16)34-23(13)31)24(36)35(14(2)22-18(26)4-3-7-32-22)12-21-19(27)10-17(11-33-21)25(28,29)30/h3-11,14H,12H2,1-2H3,(H2,31,34). The van der Waals surface area contributed by atoms with E-state index in [0.29, 0.717) is 34.5 Å². The molecule has 0 aliphatic rings. The first-order valence-electron chi connectivity index (χ1n) is 10.8. The Morgan fingerprint density at radius 1 is 1.08 bits per heavy atom. The lowest BCUT2D eigenvalue weighted by atomic mass is 10.1. The zero-order chi connectivity index (χ0) is 26.2. The van der Waals surface area contributed by atoms with Gasteiger partial charge >= 0.3 is 6.18 Å². The first-order chi connectivity index (χ1) is 17.0. The van der Waals surface area contributed by atoms with Crippen LogP contribution in [0.25, 0.3) is 10.9 Å². The van der Waals surface area contributed by atoms with E-state index in [1.54, 1.807) is 25.1 Å². The first kappa shape index (κ1) is 25.0. The van der Waals surface area contributed by atoms with Gasteiger partial charge < -0.3 is 10.6 Å². The summed E-state index contributed by atoms with van der Waals surface area (Å²) in [6.07, 6.45) is -2.96. The van der Waals surface area contributed by atoms with Crippen molar-refractivity contribution in [3.05, 3.63) is 94.6 Å². The molecule has 1 unspecified atom stereocenters. The number of pyridine rings is 3. The number of aromatic nitrogens is 3. The quantitative estimate of drug-likeness (QED) is 0.359. The molecule has 36 heavy (non-hydrogen) atoms. The Hall–Kier alpha value is -4.15. The van der Waals surface area contributed by atoms with E-state index >= 15 is 0 Å². The molecule has 1 amide bonds. The summed E-state index contributed by atoms with van der Waals surface area (Å²) >= 11 is 0. The molecule has 0 aliphatic heterocycles. The summed E-state index contributed by atoms with van der Waals surface area (Å²) in [7, 11) is 0. The number of nitrogens with two attached hydrogens (primary N) is 1. The number of hydrogen-bond acceptors (Lipinski definition) is 5. The lowest BCUT2D eigenvalue weighted by Gasteiger charge is -2.29. The van der Waals surface area contributed by atoms with Gasteiger partial charge in [-0.1, -0.05) is 0 Å². The molecule has 4 rings (SSSR count). The normalized spacial score (nSPS) is 12.5. The Morgan fingerprint density at radius 3 is 2.50 bits per heavy atom. The van der Waals surface area contributed by atoms with Crippen LogP contribution in [0.3, 0.4) is 0 Å². The summed E-state index contributed by atoms with van der Waals surface area (Å²) in [5.74, 6) is -2.24. The third-order valence-corrected chi connectivity index (χ3v) is 5.77. The van der Waals surface area contributed by atoms with Gasteiger partial charge in [0.2, 0.25) is 0 Å². The number of carbonyl (C=O) groups is 1. The molecule has 6 nitrogen and oxygen atoms in total. The number of carbonyl (C=O) groups excluding carboxylic acids is 1. The number of aryl methyl sites for hydroxylation is 1. The molecule has 1 atom stereocenters. The molecule has 2 N–H and O–H groups in total. The third kappa shape index (κ3) is 4.95. The van der Waals surface area contributed by atoms with Gasteiger partial charge in [-0.15, -0.1) is 0 Å². The molecule has 0 saturated heterocycles. The van der Waals surface area contributed by atoms with E-state index in [4.69, 9.17) is 5.73 Å². The van der Waals surface area contributed by atoms with Gasteiger partial charge in [0.15, 0.2) is 0 Å². The van der Waals surface area contributed by atoms with Crippen molar-refractivity contribution >= 4 is 22.6 Å². The molecule has 0 aliphatic carbocycles. The van der Waals surface area contributed by atoms with Crippen molar-refractivity contribution in [3.8, 4) is 0 Å². The zero-order valence-corrected chi connectivity index (χ0v) is 19.1. The van der Waals surface area contributed by atoms with Crippen molar-refractivity contribution < 1.29 is 26.7 Å². The molecule has 3 aromatic heterocycles. The molecule has 0 bridgehead atoms. The Kier molecular flexibility index (Phi) is 6.57. The lowest BCUT2D eigenvalue weighted by molar-refractivity contribution is -0.138. The van der Waals surface area contributed by atoms with Crippen molar-refractivity contribution in [2.45, 2.75) is 32.6 Å². The summed E-state index contributed by atoms with van der Waals surface area (Å²) in [5, 5.41) is 0.614. The van der Waals surface area contributed by atoms with Crippen molar-refractivity contribution in [1.29, 1.82) is 0 Å². The second-order valence-corrected chi connectivity index (χ2v) is 8.23. The van der Waals surface area contributed by atoms with Gasteiger partial charge in [-0.05, 0) is 61.9 Å². The second kappa shape index (κ2) is 9.48. The van der Waals surface area contributed by atoms with Crippen LogP contribution >= 0.6 is 0 Å². The van der Waals surface area contributed by atoms with Gasteiger partial charge in [0.1, 0.15) is 17.5 Å². The topological polar surface area (TPSA) is 85.0 Å². The number of fused-ring (bicyclic) bond motifs is 1. The van der Waals surface area contributed by atoms with Crippen molar-refractivity contribution in [2.24, 2.45) is 0 Å². The molecule has 0 radical (unpaired) electrons. The molecule has 11 heteroatoms. The first-order valence-corrected chi connectivity index (χ1v) is 10.8. The highest BCUT2D eigenvalue weighted by Gasteiger charge is 2.33. The number of alkyl halides is 3. The number of amides is 1. The number of rotatable bonds is 5. The second-order valence-electron chi connectivity index (χ2n) is 8.23. The van der Waals surface area contributed by atoms with Crippen molar-refractivity contribution in [2.75, 3.05) is 5.73 Å². The van der Waals surface area contributed by atoms with E-state index in [2.05, 4.69) is 15.0 Å². The van der Waals surface area contributed by atoms with Gasteiger partial charge in [0, 0.05) is 23.3 Å². The molecular weight excluding hydrogens is 481 g/mol. The molecule has 0 saturated carbocycles. The molecule has 0 fully saturated rings. The maximum atomic E-state index is 14.6. The predicted octanol–water partition coefficient (Wildman–Crippen LogP) is 5.62. The molecule has 186 valence electrons. The minimum absolute atomic E-state index is 0.0933. The number of anilines is 1. The highest BCUT2D eigenvalue weighted by molar-refractivity contribution is 5.98. The van der Waals surface area contributed by atoms with E-state index < -0.39 is 47.6 Å². The molecule has 0 spiro atoms. The van der Waals surface area contributed by atoms with Gasteiger partial charge in [-0.2, -0.15) is 13.2 Å². The maximum absolute atomic E-state index is 14.6. The maximum Gasteiger partial charge on any atom is 0.417 e. The van der Waals surface area contributed by atoms with Gasteiger partial charge in [0.05, 0.1) is 35.1 Å². The fourth-order valence-corrected chi connectivity index (χ4v) is 3.73. The van der Waals surface area contributed by atoms with E-state index in [0.717, 1.165) is 11.0 Å². The summed E-state index contributed by atoms with van der Waals surface area (Å²) in [5.41, 5.74) is 5.49. The van der Waals surface area contributed by atoms with Crippen LogP contribution in [0, 0.1) is 18.6 Å². The Balaban J connectivity index is 1.77. The zero-order valence-electron chi connectivity index (χ0n) is 19.1. The van der Waals surface area contributed by atoms with E-state index in [1.165, 1.54) is 25.3 Å². The fourth-order valence-electron chi connectivity index (χ4n) is 3.73. The van der Waals surface area contributed by atoms with Gasteiger partial charge in [0.25, 0.3) is 5.91 Å². The van der Waals surface area contributed by atoms with Crippen LogP contribution in [0.15, 0.2) is 54.9 Å². The number of nitrogen functional groups attached to an aromatic ring is 1. The molecular formula is C25H20F5N5O. The van der Waals surface area contributed by atoms with Crippen molar-refractivity contribution in [1.82, 2.24) is 19.9 Å². The van der Waals surface area contributed by atoms with Crippen LogP contribution < -0.4 is 5.73 Å². The number of hydrogen-bond donors (Lipinski definition) is 1. The minimum atomic E-state index is -4.78. The Bertz CT molecular complexity index is 1460. The van der Waals surface area contributed by atoms with Crippen LogP contribution in [-0.4, -0.2) is 25.8 Å². The summed E-state index contributed by atoms with van der Waals surface area (Å²) in [6.45, 7) is 2.71. The van der Waals surface area contributed by atoms with Crippen molar-refractivity contribution in [3.63, 3.8) is 0 Å². The fraction of sp³-hybridized carbons (Fsp3) is 0.200. The summed E-state index contributed by atoms with van der Waals surface area (Å²) < 4.78 is 68.0. The smallest absolute Gasteiger partial charge is 0.383 e. The molecule has 1 aromatic carbocycles. The van der Waals surface area contributed by atoms with Gasteiger partial charge in [-0.3, -0.25) is 14.8 Å². The molecule has 3 heterocycles. The summed E-state index contributed by atoms with van der Waals surface area (Å²) in [4.78, 5) is 26.6. The highest BCUT2D eigenvalue weighted by Crippen LogP contribution is 2.31. The SMILES string of the molecule is Cc1cc2cc(C(=O)N(Cc3ncc(C(F)(F)F)cc3F)C(C)c3ncccc3F)ccc2nc1N. The minimum Gasteiger partial charge on any atom is -0.383 e. The average molecular weight is 501 g/mol. The van der Waals surface area contributed by atoms with E-state index in [9.17, 15) is 26.7 Å². The highest BCUT2D eigenvalue weighted by atomic mass is 19.4. The van der Waals surface area contributed by atoms with Crippen LogP contribution in [0.4, 0.5) is 27.8 Å². The predicted molar refractivity (Wildman–Crippen MR) is 123 cm³/mol. The van der Waals surface area contributed by atoms with E-state index in [-0.39, 0.29) is 11.3 Å². The molecule has 4 aromatic rings. The van der Waals surface area contributed by atoms with E-state index in [1.807, 2.05) is 0 Å². The summed E-state index contributed by atoms with van der Waals surface area (Å²) in [6, 6.07) is 8.21. The third-order valence-electron chi connectivity index (χ3n) is 5.77. The largest absolute Gasteiger partial charge is 0.417 e.